The van der Waals surface area contributed by atoms with Crippen LogP contribution in [0.5, 0.6) is 0 Å². The first-order valence-corrected chi connectivity index (χ1v) is 7.71. The standard InChI is InChI=1S/C4HCl2IN2.C4H4ClIN4/c5-3-2(7)1-8-4(6)9-3;5-4-8-1-2(6)3(9-4)10-7/h1H;1H,7H2,(H,8,9,10). The number of hydrazine groups is 1. The van der Waals surface area contributed by atoms with E-state index >= 15 is 0 Å². The lowest BCUT2D eigenvalue weighted by Crippen LogP contribution is -2.10. The Labute approximate surface area is 151 Å². The summed E-state index contributed by atoms with van der Waals surface area (Å²) < 4.78 is 1.64. The molecule has 11 heteroatoms. The fourth-order valence-corrected chi connectivity index (χ4v) is 1.89. The molecule has 0 aliphatic heterocycles. The number of hydrogen-bond acceptors (Lipinski definition) is 6. The second-order valence-corrected chi connectivity index (χ2v) is 6.12. The lowest BCUT2D eigenvalue weighted by atomic mass is 10.6. The van der Waals surface area contributed by atoms with Crippen molar-refractivity contribution < 1.29 is 0 Å². The van der Waals surface area contributed by atoms with Crippen LogP contribution in [0.15, 0.2) is 12.4 Å². The van der Waals surface area contributed by atoms with Crippen LogP contribution in [0.4, 0.5) is 5.82 Å². The lowest BCUT2D eigenvalue weighted by Gasteiger charge is -1.99. The zero-order valence-electron chi connectivity index (χ0n) is 8.91. The van der Waals surface area contributed by atoms with Gasteiger partial charge in [0.05, 0.1) is 7.14 Å². The van der Waals surface area contributed by atoms with Gasteiger partial charge in [0.1, 0.15) is 5.15 Å². The van der Waals surface area contributed by atoms with E-state index in [0.717, 1.165) is 7.14 Å². The van der Waals surface area contributed by atoms with Crippen molar-refractivity contribution in [1.29, 1.82) is 0 Å². The number of halogens is 5. The first kappa shape index (κ1) is 17.3. The monoisotopic (exact) mass is 544 g/mol. The summed E-state index contributed by atoms with van der Waals surface area (Å²) >= 11 is 20.5. The van der Waals surface area contributed by atoms with Gasteiger partial charge in [0.2, 0.25) is 10.6 Å². The maximum Gasteiger partial charge on any atom is 0.224 e. The highest BCUT2D eigenvalue weighted by Gasteiger charge is 1.99. The predicted molar refractivity (Wildman–Crippen MR) is 92.3 cm³/mol. The molecule has 0 aliphatic rings. The Morgan fingerprint density at radius 1 is 0.947 bits per heavy atom. The van der Waals surface area contributed by atoms with Crippen LogP contribution >= 0.6 is 80.0 Å². The molecule has 0 atom stereocenters. The smallest absolute Gasteiger partial charge is 0.224 e. The van der Waals surface area contributed by atoms with Crippen molar-refractivity contribution in [2.75, 3.05) is 5.43 Å². The van der Waals surface area contributed by atoms with Crippen molar-refractivity contribution in [2.45, 2.75) is 0 Å². The maximum absolute atomic E-state index is 5.57. The number of nitrogens with zero attached hydrogens (tertiary/aromatic N) is 4. The van der Waals surface area contributed by atoms with Crippen LogP contribution in [0.3, 0.4) is 0 Å². The van der Waals surface area contributed by atoms with E-state index in [0.29, 0.717) is 11.0 Å². The molecule has 3 N–H and O–H groups in total. The highest BCUT2D eigenvalue weighted by atomic mass is 127. The third-order valence-electron chi connectivity index (χ3n) is 1.52. The van der Waals surface area contributed by atoms with Gasteiger partial charge in [-0.3, -0.25) is 0 Å². The topological polar surface area (TPSA) is 89.6 Å². The Kier molecular flexibility index (Phi) is 7.76. The summed E-state index contributed by atoms with van der Waals surface area (Å²) in [5.41, 5.74) is 2.39. The summed E-state index contributed by atoms with van der Waals surface area (Å²) in [6.07, 6.45) is 3.16. The van der Waals surface area contributed by atoms with Gasteiger partial charge in [-0.05, 0) is 68.4 Å². The van der Waals surface area contributed by atoms with E-state index in [1.54, 1.807) is 12.4 Å². The quantitative estimate of drug-likeness (QED) is 0.188. The molecule has 0 saturated heterocycles. The van der Waals surface area contributed by atoms with Crippen LogP contribution in [0.2, 0.25) is 15.7 Å². The molecular weight excluding hydrogens is 540 g/mol. The normalized spacial score (nSPS) is 9.58. The predicted octanol–water partition coefficient (Wildman–Crippen LogP) is 3.41. The van der Waals surface area contributed by atoms with E-state index in [9.17, 15) is 0 Å². The minimum absolute atomic E-state index is 0.181. The number of rotatable bonds is 1. The van der Waals surface area contributed by atoms with Crippen molar-refractivity contribution in [3.8, 4) is 0 Å². The third kappa shape index (κ3) is 6.04. The molecule has 2 aromatic heterocycles. The summed E-state index contributed by atoms with van der Waals surface area (Å²) in [5.74, 6) is 5.66. The Morgan fingerprint density at radius 2 is 1.47 bits per heavy atom. The van der Waals surface area contributed by atoms with E-state index in [-0.39, 0.29) is 10.6 Å². The van der Waals surface area contributed by atoms with Crippen LogP contribution in [0.1, 0.15) is 0 Å². The summed E-state index contributed by atoms with van der Waals surface area (Å²) in [6.45, 7) is 0. The Morgan fingerprint density at radius 3 is 1.89 bits per heavy atom. The molecule has 0 radical (unpaired) electrons. The SMILES string of the molecule is Clc1ncc(I)c(Cl)n1.NNc1nc(Cl)ncc1I. The fraction of sp³-hybridized carbons (Fsp3) is 0. The molecule has 0 aliphatic carbocycles. The molecule has 2 rings (SSSR count). The molecule has 0 amide bonds. The zero-order chi connectivity index (χ0) is 14.4. The van der Waals surface area contributed by atoms with Crippen molar-refractivity contribution in [3.63, 3.8) is 0 Å². The molecule has 0 aromatic carbocycles. The van der Waals surface area contributed by atoms with Gasteiger partial charge in [-0.25, -0.2) is 20.8 Å². The highest BCUT2D eigenvalue weighted by molar-refractivity contribution is 14.1. The molecule has 2 aromatic rings. The van der Waals surface area contributed by atoms with E-state index in [2.05, 4.69) is 48.0 Å². The number of anilines is 1. The van der Waals surface area contributed by atoms with Crippen LogP contribution in [0.25, 0.3) is 0 Å². The van der Waals surface area contributed by atoms with E-state index < -0.39 is 0 Å². The van der Waals surface area contributed by atoms with Crippen LogP contribution in [0, 0.1) is 7.14 Å². The molecule has 0 bridgehead atoms. The number of nitrogens with two attached hydrogens (primary N) is 1. The summed E-state index contributed by atoms with van der Waals surface area (Å²) in [5, 5.41) is 0.768. The molecule has 0 spiro atoms. The molecule has 102 valence electrons. The number of nitrogens with one attached hydrogen (secondary N) is 1. The molecular formula is C8H5Cl3I2N6. The number of aromatic nitrogens is 4. The minimum atomic E-state index is 0.181. The second kappa shape index (κ2) is 8.52. The average molecular weight is 545 g/mol. The van der Waals surface area contributed by atoms with Crippen LogP contribution < -0.4 is 11.3 Å². The average Bonchev–Trinajstić information content (AvgIpc) is 2.38. The van der Waals surface area contributed by atoms with Gasteiger partial charge in [-0.1, -0.05) is 11.6 Å². The van der Waals surface area contributed by atoms with Gasteiger partial charge >= 0.3 is 0 Å². The minimum Gasteiger partial charge on any atom is -0.307 e. The van der Waals surface area contributed by atoms with Crippen LogP contribution in [-0.2, 0) is 0 Å². The summed E-state index contributed by atoms with van der Waals surface area (Å²) in [4.78, 5) is 14.9. The van der Waals surface area contributed by atoms with Crippen molar-refractivity contribution >= 4 is 85.8 Å². The largest absolute Gasteiger partial charge is 0.307 e. The summed E-state index contributed by atoms with van der Waals surface area (Å²) in [6, 6.07) is 0. The Balaban J connectivity index is 0.000000191. The lowest BCUT2D eigenvalue weighted by molar-refractivity contribution is 1.12. The first-order valence-electron chi connectivity index (χ1n) is 4.42. The van der Waals surface area contributed by atoms with Crippen molar-refractivity contribution in [1.82, 2.24) is 19.9 Å². The van der Waals surface area contributed by atoms with E-state index in [1.807, 2.05) is 22.6 Å². The number of nitrogen functional groups attached to an aromatic ring is 1. The Hall–Kier alpha value is 0.250. The van der Waals surface area contributed by atoms with Gasteiger partial charge in [-0.15, -0.1) is 0 Å². The molecule has 0 saturated carbocycles. The van der Waals surface area contributed by atoms with Gasteiger partial charge in [0.25, 0.3) is 0 Å². The summed E-state index contributed by atoms with van der Waals surface area (Å²) in [7, 11) is 0. The molecule has 0 fully saturated rings. The maximum atomic E-state index is 5.57. The van der Waals surface area contributed by atoms with E-state index in [4.69, 9.17) is 40.6 Å². The molecule has 2 heterocycles. The molecule has 19 heavy (non-hydrogen) atoms. The third-order valence-corrected chi connectivity index (χ3v) is 4.07. The molecule has 6 nitrogen and oxygen atoms in total. The second-order valence-electron chi connectivity index (χ2n) is 2.76. The zero-order valence-corrected chi connectivity index (χ0v) is 15.5. The number of hydrogen-bond donors (Lipinski definition) is 2. The van der Waals surface area contributed by atoms with Gasteiger partial charge in [-0.2, -0.15) is 4.98 Å². The molecule has 0 unspecified atom stereocenters. The van der Waals surface area contributed by atoms with Gasteiger partial charge < -0.3 is 5.43 Å². The van der Waals surface area contributed by atoms with Gasteiger partial charge in [0.15, 0.2) is 5.82 Å². The fourth-order valence-electron chi connectivity index (χ4n) is 0.773. The van der Waals surface area contributed by atoms with Crippen LogP contribution in [-0.4, -0.2) is 19.9 Å². The first-order chi connectivity index (χ1) is 8.93. The highest BCUT2D eigenvalue weighted by Crippen LogP contribution is 2.15. The van der Waals surface area contributed by atoms with Gasteiger partial charge in [0, 0.05) is 12.4 Å². The van der Waals surface area contributed by atoms with Crippen molar-refractivity contribution in [3.05, 3.63) is 35.3 Å². The van der Waals surface area contributed by atoms with E-state index in [1.165, 1.54) is 0 Å². The van der Waals surface area contributed by atoms with Crippen molar-refractivity contribution in [2.24, 2.45) is 5.84 Å². The Bertz CT molecular complexity index is 570.